The third-order valence-electron chi connectivity index (χ3n) is 4.41. The normalized spacial score (nSPS) is 18.3. The van der Waals surface area contributed by atoms with E-state index in [0.717, 1.165) is 50.6 Å². The third-order valence-corrected chi connectivity index (χ3v) is 4.41. The first-order chi connectivity index (χ1) is 11.8. The van der Waals surface area contributed by atoms with Gasteiger partial charge in [0.1, 0.15) is 5.69 Å². The SMILES string of the molecule is NC1=Nc2oc(CCc3ccccc3)nc2CN1N1CCNCC1. The number of benzene rings is 1. The molecule has 0 amide bonds. The Kier molecular flexibility index (Phi) is 4.18. The van der Waals surface area contributed by atoms with E-state index in [9.17, 15) is 0 Å². The van der Waals surface area contributed by atoms with Crippen molar-refractivity contribution in [2.24, 2.45) is 10.7 Å². The number of aliphatic imine (C=N–C) groups is 1. The Labute approximate surface area is 141 Å². The fourth-order valence-electron chi connectivity index (χ4n) is 3.11. The molecule has 0 saturated carbocycles. The van der Waals surface area contributed by atoms with Crippen LogP contribution >= 0.6 is 0 Å². The van der Waals surface area contributed by atoms with Crippen molar-refractivity contribution in [3.8, 4) is 0 Å². The molecule has 4 rings (SSSR count). The molecule has 3 heterocycles. The molecule has 0 radical (unpaired) electrons. The van der Waals surface area contributed by atoms with E-state index in [1.54, 1.807) is 0 Å². The van der Waals surface area contributed by atoms with Crippen LogP contribution in [0, 0.1) is 0 Å². The van der Waals surface area contributed by atoms with E-state index in [4.69, 9.17) is 10.2 Å². The van der Waals surface area contributed by atoms with Gasteiger partial charge in [0, 0.05) is 32.6 Å². The zero-order valence-corrected chi connectivity index (χ0v) is 13.6. The Balaban J connectivity index is 1.45. The maximum atomic E-state index is 6.13. The van der Waals surface area contributed by atoms with Gasteiger partial charge in [-0.3, -0.25) is 5.01 Å². The standard InChI is InChI=1S/C17H22N6O/c18-17-21-16-14(12-23(17)22-10-8-19-9-11-22)20-15(24-16)7-6-13-4-2-1-3-5-13/h1-5,19H,6-12H2,(H2,18,21). The Morgan fingerprint density at radius 2 is 1.92 bits per heavy atom. The lowest BCUT2D eigenvalue weighted by atomic mass is 10.1. The zero-order chi connectivity index (χ0) is 16.4. The minimum atomic E-state index is 0.482. The lowest BCUT2D eigenvalue weighted by molar-refractivity contribution is 0.0215. The zero-order valence-electron chi connectivity index (χ0n) is 13.6. The average molecular weight is 326 g/mol. The number of nitrogens with two attached hydrogens (primary N) is 1. The van der Waals surface area contributed by atoms with E-state index in [1.807, 2.05) is 23.2 Å². The van der Waals surface area contributed by atoms with E-state index in [1.165, 1.54) is 5.56 Å². The van der Waals surface area contributed by atoms with Gasteiger partial charge in [0.25, 0.3) is 0 Å². The summed E-state index contributed by atoms with van der Waals surface area (Å²) >= 11 is 0. The first kappa shape index (κ1) is 15.2. The molecule has 1 aromatic carbocycles. The van der Waals surface area contributed by atoms with Crippen LogP contribution in [-0.2, 0) is 19.4 Å². The largest absolute Gasteiger partial charge is 0.422 e. The highest BCUT2D eigenvalue weighted by Crippen LogP contribution is 2.27. The number of rotatable bonds is 4. The maximum absolute atomic E-state index is 6.13. The fourth-order valence-corrected chi connectivity index (χ4v) is 3.11. The lowest BCUT2D eigenvalue weighted by Gasteiger charge is -2.38. The van der Waals surface area contributed by atoms with E-state index >= 15 is 0 Å². The molecule has 126 valence electrons. The van der Waals surface area contributed by atoms with Crippen molar-refractivity contribution < 1.29 is 4.42 Å². The molecule has 2 aliphatic heterocycles. The second-order valence-electron chi connectivity index (χ2n) is 6.08. The molecule has 1 saturated heterocycles. The molecule has 0 atom stereocenters. The molecule has 0 aliphatic carbocycles. The summed E-state index contributed by atoms with van der Waals surface area (Å²) in [4.78, 5) is 9.04. The molecule has 2 aliphatic rings. The van der Waals surface area contributed by atoms with Crippen LogP contribution < -0.4 is 11.1 Å². The van der Waals surface area contributed by atoms with Gasteiger partial charge in [-0.1, -0.05) is 30.3 Å². The summed E-state index contributed by atoms with van der Waals surface area (Å²) in [5.74, 6) is 1.76. The third kappa shape index (κ3) is 3.13. The average Bonchev–Trinajstić information content (AvgIpc) is 3.02. The molecule has 24 heavy (non-hydrogen) atoms. The smallest absolute Gasteiger partial charge is 0.247 e. The van der Waals surface area contributed by atoms with E-state index in [0.29, 0.717) is 18.4 Å². The van der Waals surface area contributed by atoms with Gasteiger partial charge in [0.05, 0.1) is 6.54 Å². The van der Waals surface area contributed by atoms with E-state index in [-0.39, 0.29) is 0 Å². The van der Waals surface area contributed by atoms with Crippen molar-refractivity contribution in [1.29, 1.82) is 0 Å². The number of piperazine rings is 1. The van der Waals surface area contributed by atoms with Crippen molar-refractivity contribution in [3.63, 3.8) is 0 Å². The van der Waals surface area contributed by atoms with Crippen LogP contribution in [0.3, 0.4) is 0 Å². The van der Waals surface area contributed by atoms with Crippen molar-refractivity contribution >= 4 is 11.8 Å². The molecule has 0 bridgehead atoms. The molecule has 7 nitrogen and oxygen atoms in total. The summed E-state index contributed by atoms with van der Waals surface area (Å²) in [7, 11) is 0. The summed E-state index contributed by atoms with van der Waals surface area (Å²) in [6.45, 7) is 4.38. The Morgan fingerprint density at radius 1 is 1.12 bits per heavy atom. The van der Waals surface area contributed by atoms with Crippen molar-refractivity contribution in [3.05, 3.63) is 47.5 Å². The Bertz CT molecular complexity index is 720. The summed E-state index contributed by atoms with van der Waals surface area (Å²) in [5.41, 5.74) is 8.27. The van der Waals surface area contributed by atoms with Gasteiger partial charge >= 0.3 is 0 Å². The predicted octanol–water partition coefficient (Wildman–Crippen LogP) is 1.04. The Morgan fingerprint density at radius 3 is 2.71 bits per heavy atom. The number of nitrogens with one attached hydrogen (secondary N) is 1. The second-order valence-corrected chi connectivity index (χ2v) is 6.08. The van der Waals surface area contributed by atoms with Crippen LogP contribution in [0.15, 0.2) is 39.7 Å². The molecule has 1 aromatic heterocycles. The van der Waals surface area contributed by atoms with Gasteiger partial charge in [0.15, 0.2) is 5.89 Å². The highest BCUT2D eigenvalue weighted by Gasteiger charge is 2.28. The minimum absolute atomic E-state index is 0.482. The first-order valence-corrected chi connectivity index (χ1v) is 8.39. The van der Waals surface area contributed by atoms with Gasteiger partial charge in [-0.25, -0.2) is 9.99 Å². The summed E-state index contributed by atoms with van der Waals surface area (Å²) in [6.07, 6.45) is 1.67. The molecule has 0 spiro atoms. The molecule has 0 unspecified atom stereocenters. The number of hydrogen-bond acceptors (Lipinski definition) is 7. The van der Waals surface area contributed by atoms with Gasteiger partial charge in [-0.05, 0) is 12.0 Å². The molecular formula is C17H22N6O. The number of hydrazine groups is 1. The van der Waals surface area contributed by atoms with Crippen LogP contribution in [0.5, 0.6) is 0 Å². The number of guanidine groups is 1. The lowest BCUT2D eigenvalue weighted by Crippen LogP contribution is -2.56. The highest BCUT2D eigenvalue weighted by molar-refractivity contribution is 5.81. The fraction of sp³-hybridized carbons (Fsp3) is 0.412. The number of hydrogen-bond donors (Lipinski definition) is 2. The molecule has 7 heteroatoms. The number of oxazole rings is 1. The maximum Gasteiger partial charge on any atom is 0.247 e. The summed E-state index contributed by atoms with van der Waals surface area (Å²) in [5, 5.41) is 7.57. The van der Waals surface area contributed by atoms with E-state index in [2.05, 4.69) is 32.4 Å². The van der Waals surface area contributed by atoms with Gasteiger partial charge < -0.3 is 15.5 Å². The quantitative estimate of drug-likeness (QED) is 0.874. The predicted molar refractivity (Wildman–Crippen MR) is 91.6 cm³/mol. The van der Waals surface area contributed by atoms with Gasteiger partial charge in [-0.2, -0.15) is 4.99 Å². The summed E-state index contributed by atoms with van der Waals surface area (Å²) < 4.78 is 5.80. The summed E-state index contributed by atoms with van der Waals surface area (Å²) in [6, 6.07) is 10.4. The van der Waals surface area contributed by atoms with Crippen LogP contribution in [-0.4, -0.2) is 47.1 Å². The Hall–Kier alpha value is -2.38. The van der Waals surface area contributed by atoms with E-state index < -0.39 is 0 Å². The van der Waals surface area contributed by atoms with Crippen LogP contribution in [0.4, 0.5) is 5.88 Å². The van der Waals surface area contributed by atoms with Crippen LogP contribution in [0.25, 0.3) is 0 Å². The van der Waals surface area contributed by atoms with Crippen molar-refractivity contribution in [2.75, 3.05) is 26.2 Å². The number of fused-ring (bicyclic) bond motifs is 1. The molecular weight excluding hydrogens is 304 g/mol. The first-order valence-electron chi connectivity index (χ1n) is 8.39. The number of nitrogens with zero attached hydrogens (tertiary/aromatic N) is 4. The van der Waals surface area contributed by atoms with Gasteiger partial charge in [0.2, 0.25) is 11.8 Å². The van der Waals surface area contributed by atoms with Crippen molar-refractivity contribution in [1.82, 2.24) is 20.3 Å². The number of aryl methyl sites for hydroxylation is 2. The number of aromatic nitrogens is 1. The van der Waals surface area contributed by atoms with Crippen molar-refractivity contribution in [2.45, 2.75) is 19.4 Å². The molecule has 1 fully saturated rings. The second kappa shape index (κ2) is 6.62. The topological polar surface area (TPSA) is 82.9 Å². The van der Waals surface area contributed by atoms with Gasteiger partial charge in [-0.15, -0.1) is 0 Å². The monoisotopic (exact) mass is 326 g/mol. The molecule has 2 aromatic rings. The molecule has 3 N–H and O–H groups in total. The van der Waals surface area contributed by atoms with Crippen LogP contribution in [0.1, 0.15) is 17.1 Å². The van der Waals surface area contributed by atoms with Crippen LogP contribution in [0.2, 0.25) is 0 Å². The minimum Gasteiger partial charge on any atom is -0.422 e. The highest BCUT2D eigenvalue weighted by atomic mass is 16.4.